The SMILES string of the molecule is c1cc(-c2cccc3c4ccccc4n(-c4ccc5oc6ccc(-n7c8ccccc8c8ccccc87)cc6c5c4)c23)cc(-n2c3ccccc3c3ccccc32)c1. The molecule has 13 aromatic rings. The number of benzene rings is 9. The van der Waals surface area contributed by atoms with Crippen LogP contribution in [-0.4, -0.2) is 13.7 Å². The molecule has 0 fully saturated rings. The monoisotopic (exact) mass is 739 g/mol. The molecule has 0 spiro atoms. The number of para-hydroxylation sites is 6. The number of fused-ring (bicyclic) bond motifs is 12. The molecule has 0 saturated heterocycles. The summed E-state index contributed by atoms with van der Waals surface area (Å²) >= 11 is 0. The quantitative estimate of drug-likeness (QED) is 0.177. The fourth-order valence-corrected chi connectivity index (χ4v) is 9.77. The first-order chi connectivity index (χ1) is 28.8. The van der Waals surface area contributed by atoms with Crippen LogP contribution in [0.2, 0.25) is 0 Å². The minimum Gasteiger partial charge on any atom is -0.456 e. The van der Waals surface area contributed by atoms with Crippen molar-refractivity contribution in [2.24, 2.45) is 0 Å². The van der Waals surface area contributed by atoms with E-state index in [0.717, 1.165) is 39.0 Å². The molecule has 0 saturated carbocycles. The third kappa shape index (κ3) is 4.34. The van der Waals surface area contributed by atoms with Crippen molar-refractivity contribution in [1.82, 2.24) is 13.7 Å². The predicted molar refractivity (Wildman–Crippen MR) is 242 cm³/mol. The molecule has 13 rings (SSSR count). The van der Waals surface area contributed by atoms with E-state index in [-0.39, 0.29) is 0 Å². The second kappa shape index (κ2) is 11.8. The number of rotatable bonds is 4. The molecule has 270 valence electrons. The zero-order valence-electron chi connectivity index (χ0n) is 31.3. The highest BCUT2D eigenvalue weighted by Gasteiger charge is 2.20. The molecule has 0 bridgehead atoms. The molecule has 0 N–H and O–H groups in total. The lowest BCUT2D eigenvalue weighted by Gasteiger charge is -2.14. The molecule has 0 amide bonds. The summed E-state index contributed by atoms with van der Waals surface area (Å²) in [4.78, 5) is 0. The Balaban J connectivity index is 1.03. The molecular formula is C54H33N3O. The van der Waals surface area contributed by atoms with Gasteiger partial charge >= 0.3 is 0 Å². The lowest BCUT2D eigenvalue weighted by atomic mass is 10.0. The third-order valence-electron chi connectivity index (χ3n) is 12.2. The molecule has 0 atom stereocenters. The van der Waals surface area contributed by atoms with E-state index in [1.807, 2.05) is 0 Å². The van der Waals surface area contributed by atoms with Gasteiger partial charge < -0.3 is 18.1 Å². The first-order valence-corrected chi connectivity index (χ1v) is 19.8. The van der Waals surface area contributed by atoms with Gasteiger partial charge in [-0.25, -0.2) is 0 Å². The topological polar surface area (TPSA) is 27.9 Å². The summed E-state index contributed by atoms with van der Waals surface area (Å²) in [6.07, 6.45) is 0. The Kier molecular flexibility index (Phi) is 6.41. The Morgan fingerprint density at radius 2 is 0.672 bits per heavy atom. The van der Waals surface area contributed by atoms with Crippen LogP contribution in [-0.2, 0) is 0 Å². The van der Waals surface area contributed by atoms with Gasteiger partial charge in [0.25, 0.3) is 0 Å². The smallest absolute Gasteiger partial charge is 0.135 e. The van der Waals surface area contributed by atoms with Crippen LogP contribution in [0.4, 0.5) is 0 Å². The summed E-state index contributed by atoms with van der Waals surface area (Å²) in [5.41, 5.74) is 14.6. The van der Waals surface area contributed by atoms with Crippen LogP contribution >= 0.6 is 0 Å². The molecule has 0 radical (unpaired) electrons. The Hall–Kier alpha value is -7.82. The molecule has 0 unspecified atom stereocenters. The minimum absolute atomic E-state index is 0.873. The lowest BCUT2D eigenvalue weighted by molar-refractivity contribution is 0.669. The molecule has 0 aliphatic heterocycles. The van der Waals surface area contributed by atoms with Gasteiger partial charge in [-0.05, 0) is 84.4 Å². The van der Waals surface area contributed by atoms with Gasteiger partial charge in [0.05, 0.1) is 33.1 Å². The Morgan fingerprint density at radius 3 is 1.19 bits per heavy atom. The van der Waals surface area contributed by atoms with Crippen LogP contribution in [0.3, 0.4) is 0 Å². The molecule has 4 aromatic heterocycles. The molecule has 0 aliphatic rings. The average molecular weight is 740 g/mol. The van der Waals surface area contributed by atoms with E-state index in [0.29, 0.717) is 0 Å². The minimum atomic E-state index is 0.873. The summed E-state index contributed by atoms with van der Waals surface area (Å²) in [7, 11) is 0. The van der Waals surface area contributed by atoms with Crippen LogP contribution in [0.5, 0.6) is 0 Å². The van der Waals surface area contributed by atoms with Crippen LogP contribution in [0, 0.1) is 0 Å². The zero-order valence-corrected chi connectivity index (χ0v) is 31.3. The first kappa shape index (κ1) is 31.4. The van der Waals surface area contributed by atoms with Gasteiger partial charge in [-0.2, -0.15) is 0 Å². The fraction of sp³-hybridized carbons (Fsp3) is 0. The lowest BCUT2D eigenvalue weighted by Crippen LogP contribution is -1.97. The van der Waals surface area contributed by atoms with Crippen molar-refractivity contribution in [3.05, 3.63) is 200 Å². The Bertz CT molecular complexity index is 3710. The number of furan rings is 1. The maximum absolute atomic E-state index is 6.53. The van der Waals surface area contributed by atoms with Crippen LogP contribution in [0.25, 0.3) is 116 Å². The van der Waals surface area contributed by atoms with Gasteiger partial charge in [-0.3, -0.25) is 0 Å². The van der Waals surface area contributed by atoms with Gasteiger partial charge in [0.1, 0.15) is 11.2 Å². The number of hydrogen-bond acceptors (Lipinski definition) is 1. The van der Waals surface area contributed by atoms with Crippen molar-refractivity contribution in [3.8, 4) is 28.2 Å². The molecule has 0 aliphatic carbocycles. The molecule has 4 heteroatoms. The summed E-state index contributed by atoms with van der Waals surface area (Å²) < 4.78 is 13.7. The van der Waals surface area contributed by atoms with Gasteiger partial charge in [0, 0.05) is 65.7 Å². The third-order valence-corrected chi connectivity index (χ3v) is 12.2. The second-order valence-electron chi connectivity index (χ2n) is 15.3. The molecule has 4 nitrogen and oxygen atoms in total. The van der Waals surface area contributed by atoms with Gasteiger partial charge in [0.15, 0.2) is 0 Å². The average Bonchev–Trinajstić information content (AvgIpc) is 4.02. The normalized spacial score (nSPS) is 12.1. The summed E-state index contributed by atoms with van der Waals surface area (Å²) in [6.45, 7) is 0. The van der Waals surface area contributed by atoms with E-state index in [1.54, 1.807) is 0 Å². The van der Waals surface area contributed by atoms with Crippen molar-refractivity contribution >= 4 is 87.4 Å². The second-order valence-corrected chi connectivity index (χ2v) is 15.3. The Labute approximate surface area is 332 Å². The highest BCUT2D eigenvalue weighted by molar-refractivity contribution is 6.15. The van der Waals surface area contributed by atoms with E-state index in [4.69, 9.17) is 4.42 Å². The van der Waals surface area contributed by atoms with Gasteiger partial charge in [-0.15, -0.1) is 0 Å². The largest absolute Gasteiger partial charge is 0.456 e. The summed E-state index contributed by atoms with van der Waals surface area (Å²) in [5, 5.41) is 9.65. The number of nitrogens with zero attached hydrogens (tertiary/aromatic N) is 3. The van der Waals surface area contributed by atoms with Crippen LogP contribution in [0.15, 0.2) is 205 Å². The summed E-state index contributed by atoms with van der Waals surface area (Å²) in [5.74, 6) is 0. The van der Waals surface area contributed by atoms with Crippen molar-refractivity contribution in [2.45, 2.75) is 0 Å². The highest BCUT2D eigenvalue weighted by atomic mass is 16.3. The molecular weight excluding hydrogens is 707 g/mol. The van der Waals surface area contributed by atoms with E-state index in [2.05, 4.69) is 214 Å². The molecule has 58 heavy (non-hydrogen) atoms. The van der Waals surface area contributed by atoms with E-state index >= 15 is 0 Å². The van der Waals surface area contributed by atoms with Crippen LogP contribution < -0.4 is 0 Å². The predicted octanol–water partition coefficient (Wildman–Crippen LogP) is 14.5. The Morgan fingerprint density at radius 1 is 0.276 bits per heavy atom. The van der Waals surface area contributed by atoms with Crippen molar-refractivity contribution in [2.75, 3.05) is 0 Å². The van der Waals surface area contributed by atoms with Gasteiger partial charge in [0.2, 0.25) is 0 Å². The number of aromatic nitrogens is 3. The van der Waals surface area contributed by atoms with Crippen molar-refractivity contribution in [3.63, 3.8) is 0 Å². The highest BCUT2D eigenvalue weighted by Crippen LogP contribution is 2.42. The van der Waals surface area contributed by atoms with Crippen LogP contribution in [0.1, 0.15) is 0 Å². The standard InChI is InChI=1S/C54H33N3O/c1-6-22-47-39(15-1)40-16-2-7-23-48(40)55(47)35-14-11-13-34(31-35)38-20-12-21-44-43-19-5-10-26-51(43)57(54(38)44)37-28-30-53-46(33-37)45-32-36(27-29-52(45)58-53)56-49-24-8-3-17-41(49)42-18-4-9-25-50(42)56/h1-33H. The van der Waals surface area contributed by atoms with Gasteiger partial charge in [-0.1, -0.05) is 121 Å². The fourth-order valence-electron chi connectivity index (χ4n) is 9.77. The maximum atomic E-state index is 6.53. The molecule has 9 aromatic carbocycles. The van der Waals surface area contributed by atoms with E-state index in [1.165, 1.54) is 76.5 Å². The first-order valence-electron chi connectivity index (χ1n) is 19.8. The van der Waals surface area contributed by atoms with E-state index < -0.39 is 0 Å². The molecule has 4 heterocycles. The van der Waals surface area contributed by atoms with Crippen molar-refractivity contribution < 1.29 is 4.42 Å². The number of hydrogen-bond donors (Lipinski definition) is 0. The zero-order chi connectivity index (χ0) is 37.9. The van der Waals surface area contributed by atoms with Crippen molar-refractivity contribution in [1.29, 1.82) is 0 Å². The summed E-state index contributed by atoms with van der Waals surface area (Å²) in [6, 6.07) is 72.5. The maximum Gasteiger partial charge on any atom is 0.135 e. The van der Waals surface area contributed by atoms with E-state index in [9.17, 15) is 0 Å².